The van der Waals surface area contributed by atoms with Crippen LogP contribution >= 0.6 is 11.6 Å². The zero-order valence-electron chi connectivity index (χ0n) is 18.2. The molecule has 7 nitrogen and oxygen atoms in total. The number of carbonyl (C=O) groups is 1. The topological polar surface area (TPSA) is 97.4 Å². The first kappa shape index (κ1) is 22.9. The quantitative estimate of drug-likeness (QED) is 0.325. The largest absolute Gasteiger partial charge is 0.493 e. The molecule has 0 saturated heterocycles. The molecule has 0 saturated carbocycles. The molecule has 1 heterocycles. The van der Waals surface area contributed by atoms with Crippen LogP contribution in [0.2, 0.25) is 5.02 Å². The van der Waals surface area contributed by atoms with Crippen molar-refractivity contribution in [1.82, 2.24) is 4.98 Å². The van der Waals surface area contributed by atoms with Crippen molar-refractivity contribution in [2.24, 2.45) is 0 Å². The fraction of sp³-hybridized carbons (Fsp3) is 0.115. The van der Waals surface area contributed by atoms with E-state index < -0.39 is 0 Å². The number of oxazole rings is 1. The lowest BCUT2D eigenvalue weighted by Gasteiger charge is -2.11. The maximum absolute atomic E-state index is 12.4. The molecule has 4 aromatic rings. The Hall–Kier alpha value is -4.28. The second-order valence-corrected chi connectivity index (χ2v) is 7.66. The van der Waals surface area contributed by atoms with Crippen LogP contribution in [0.3, 0.4) is 0 Å². The SMILES string of the molecule is COc1cc(C#N)ccc1Oc1ccc(NC(=O)CCc2ncc(-c3ccccc3Cl)o2)cc1. The van der Waals surface area contributed by atoms with Gasteiger partial charge in [0.25, 0.3) is 0 Å². The van der Waals surface area contributed by atoms with Gasteiger partial charge in [-0.25, -0.2) is 4.98 Å². The molecule has 3 aromatic carbocycles. The minimum Gasteiger partial charge on any atom is -0.493 e. The summed E-state index contributed by atoms with van der Waals surface area (Å²) >= 11 is 6.19. The number of aryl methyl sites for hydroxylation is 1. The third-order valence-electron chi connectivity index (χ3n) is 4.92. The van der Waals surface area contributed by atoms with Crippen LogP contribution in [0.5, 0.6) is 17.2 Å². The van der Waals surface area contributed by atoms with Gasteiger partial charge in [-0.2, -0.15) is 5.26 Å². The normalized spacial score (nSPS) is 10.4. The van der Waals surface area contributed by atoms with Crippen molar-refractivity contribution in [3.8, 4) is 34.6 Å². The minimum absolute atomic E-state index is 0.167. The first-order chi connectivity index (χ1) is 16.6. The van der Waals surface area contributed by atoms with Crippen molar-refractivity contribution in [2.45, 2.75) is 12.8 Å². The molecule has 0 fully saturated rings. The molecular weight excluding hydrogens is 454 g/mol. The van der Waals surface area contributed by atoms with Gasteiger partial charge in [-0.05, 0) is 48.5 Å². The molecule has 0 spiro atoms. The summed E-state index contributed by atoms with van der Waals surface area (Å²) in [5, 5.41) is 12.4. The molecule has 34 heavy (non-hydrogen) atoms. The molecule has 8 heteroatoms. The second kappa shape index (κ2) is 10.6. The number of nitrogens with zero attached hydrogens (tertiary/aromatic N) is 2. The van der Waals surface area contributed by atoms with Crippen molar-refractivity contribution in [3.05, 3.63) is 89.4 Å². The number of halogens is 1. The van der Waals surface area contributed by atoms with E-state index in [0.717, 1.165) is 5.56 Å². The third kappa shape index (κ3) is 5.55. The van der Waals surface area contributed by atoms with Crippen LogP contribution in [0.15, 0.2) is 77.3 Å². The molecule has 0 atom stereocenters. The van der Waals surface area contributed by atoms with E-state index in [4.69, 9.17) is 30.8 Å². The van der Waals surface area contributed by atoms with Gasteiger partial charge in [0.05, 0.1) is 30.0 Å². The van der Waals surface area contributed by atoms with E-state index in [1.165, 1.54) is 7.11 Å². The number of hydrogen-bond acceptors (Lipinski definition) is 6. The van der Waals surface area contributed by atoms with E-state index in [9.17, 15) is 4.79 Å². The Kier molecular flexibility index (Phi) is 7.11. The summed E-state index contributed by atoms with van der Waals surface area (Å²) in [7, 11) is 1.51. The number of nitriles is 1. The fourth-order valence-electron chi connectivity index (χ4n) is 3.21. The standard InChI is InChI=1S/C26H20ClN3O4/c1-32-23-14-17(15-28)6-11-22(23)33-19-9-7-18(8-10-19)30-25(31)12-13-26-29-16-24(34-26)20-4-2-3-5-21(20)27/h2-11,14,16H,12-13H2,1H3,(H,30,31). The van der Waals surface area contributed by atoms with E-state index in [-0.39, 0.29) is 12.3 Å². The van der Waals surface area contributed by atoms with E-state index in [1.54, 1.807) is 54.7 Å². The van der Waals surface area contributed by atoms with Gasteiger partial charge in [-0.15, -0.1) is 0 Å². The number of nitrogens with one attached hydrogen (secondary N) is 1. The van der Waals surface area contributed by atoms with Crippen LogP contribution in [0, 0.1) is 11.3 Å². The second-order valence-electron chi connectivity index (χ2n) is 7.25. The maximum atomic E-state index is 12.4. The Morgan fingerprint density at radius 1 is 1.12 bits per heavy atom. The highest BCUT2D eigenvalue weighted by atomic mass is 35.5. The summed E-state index contributed by atoms with van der Waals surface area (Å²) in [4.78, 5) is 16.6. The maximum Gasteiger partial charge on any atom is 0.224 e. The highest BCUT2D eigenvalue weighted by Gasteiger charge is 2.12. The first-order valence-electron chi connectivity index (χ1n) is 10.4. The van der Waals surface area contributed by atoms with Gasteiger partial charge in [0.15, 0.2) is 23.1 Å². The van der Waals surface area contributed by atoms with E-state index in [0.29, 0.717) is 51.6 Å². The fourth-order valence-corrected chi connectivity index (χ4v) is 3.44. The van der Waals surface area contributed by atoms with Crippen LogP contribution < -0.4 is 14.8 Å². The van der Waals surface area contributed by atoms with Crippen molar-refractivity contribution in [3.63, 3.8) is 0 Å². The lowest BCUT2D eigenvalue weighted by atomic mass is 10.2. The van der Waals surface area contributed by atoms with E-state index in [1.807, 2.05) is 18.2 Å². The number of hydrogen-bond donors (Lipinski definition) is 1. The van der Waals surface area contributed by atoms with Gasteiger partial charge >= 0.3 is 0 Å². The Morgan fingerprint density at radius 3 is 2.65 bits per heavy atom. The Bertz CT molecular complexity index is 1340. The van der Waals surface area contributed by atoms with Gasteiger partial charge in [0.1, 0.15) is 5.75 Å². The lowest BCUT2D eigenvalue weighted by Crippen LogP contribution is -2.12. The molecule has 0 radical (unpaired) electrons. The van der Waals surface area contributed by atoms with Gasteiger partial charge in [0, 0.05) is 30.2 Å². The zero-order chi connectivity index (χ0) is 23.9. The van der Waals surface area contributed by atoms with Crippen LogP contribution in [0.1, 0.15) is 17.9 Å². The summed E-state index contributed by atoms with van der Waals surface area (Å²) in [6.45, 7) is 0. The van der Waals surface area contributed by atoms with Crippen LogP contribution in [-0.2, 0) is 11.2 Å². The Labute approximate surface area is 201 Å². The van der Waals surface area contributed by atoms with E-state index >= 15 is 0 Å². The number of rotatable bonds is 8. The molecule has 1 N–H and O–H groups in total. The first-order valence-corrected chi connectivity index (χ1v) is 10.8. The van der Waals surface area contributed by atoms with Gasteiger partial charge in [-0.1, -0.05) is 23.7 Å². The highest BCUT2D eigenvalue weighted by Crippen LogP contribution is 2.33. The summed E-state index contributed by atoms with van der Waals surface area (Å²) in [6, 6.07) is 21.3. The third-order valence-corrected chi connectivity index (χ3v) is 5.25. The summed E-state index contributed by atoms with van der Waals surface area (Å²) < 4.78 is 16.9. The van der Waals surface area contributed by atoms with Crippen LogP contribution in [0.25, 0.3) is 11.3 Å². The molecule has 170 valence electrons. The molecular formula is C26H20ClN3O4. The minimum atomic E-state index is -0.167. The Morgan fingerprint density at radius 2 is 1.91 bits per heavy atom. The molecule has 0 aliphatic carbocycles. The summed E-state index contributed by atoms with van der Waals surface area (Å²) in [6.07, 6.45) is 2.18. The summed E-state index contributed by atoms with van der Waals surface area (Å²) in [5.41, 5.74) is 1.87. The van der Waals surface area contributed by atoms with Crippen molar-refractivity contribution in [1.29, 1.82) is 5.26 Å². The van der Waals surface area contributed by atoms with Gasteiger partial charge in [-0.3, -0.25) is 4.79 Å². The number of anilines is 1. The summed E-state index contributed by atoms with van der Waals surface area (Å²) in [5.74, 6) is 2.37. The number of ether oxygens (including phenoxy) is 2. The zero-order valence-corrected chi connectivity index (χ0v) is 19.0. The Balaban J connectivity index is 1.31. The molecule has 0 bridgehead atoms. The number of carbonyl (C=O) groups excluding carboxylic acids is 1. The monoisotopic (exact) mass is 473 g/mol. The molecule has 1 aromatic heterocycles. The molecule has 0 aliphatic rings. The average Bonchev–Trinajstić information content (AvgIpc) is 3.33. The van der Waals surface area contributed by atoms with Crippen molar-refractivity contribution < 1.29 is 18.7 Å². The molecule has 0 aliphatic heterocycles. The highest BCUT2D eigenvalue weighted by molar-refractivity contribution is 6.33. The number of amides is 1. The predicted octanol–water partition coefficient (Wildman–Crippen LogP) is 6.24. The average molecular weight is 474 g/mol. The lowest BCUT2D eigenvalue weighted by molar-refractivity contribution is -0.116. The van der Waals surface area contributed by atoms with Crippen LogP contribution in [0.4, 0.5) is 5.69 Å². The van der Waals surface area contributed by atoms with Gasteiger partial charge < -0.3 is 19.2 Å². The van der Waals surface area contributed by atoms with Gasteiger partial charge in [0.2, 0.25) is 5.91 Å². The number of benzene rings is 3. The number of aromatic nitrogens is 1. The molecule has 1 amide bonds. The van der Waals surface area contributed by atoms with Crippen molar-refractivity contribution in [2.75, 3.05) is 12.4 Å². The smallest absolute Gasteiger partial charge is 0.224 e. The number of methoxy groups -OCH3 is 1. The molecule has 4 rings (SSSR count). The van der Waals surface area contributed by atoms with Crippen molar-refractivity contribution >= 4 is 23.2 Å². The van der Waals surface area contributed by atoms with E-state index in [2.05, 4.69) is 16.4 Å². The predicted molar refractivity (Wildman–Crippen MR) is 128 cm³/mol. The van der Waals surface area contributed by atoms with Crippen LogP contribution in [-0.4, -0.2) is 18.0 Å². The molecule has 0 unspecified atom stereocenters.